The number of phenolic OH excluding ortho intramolecular Hbond substituents is 1. The summed E-state index contributed by atoms with van der Waals surface area (Å²) in [7, 11) is 0. The van der Waals surface area contributed by atoms with Crippen LogP contribution in [0.15, 0.2) is 47.7 Å². The molecule has 1 aromatic heterocycles. The predicted molar refractivity (Wildman–Crippen MR) is 108 cm³/mol. The number of hydrogen-bond donors (Lipinski definition) is 3. The number of benzene rings is 2. The number of rotatable bonds is 4. The van der Waals surface area contributed by atoms with Crippen LogP contribution in [0.4, 0.5) is 0 Å². The van der Waals surface area contributed by atoms with Crippen molar-refractivity contribution in [3.8, 4) is 16.9 Å². The fourth-order valence-corrected chi connectivity index (χ4v) is 3.03. The van der Waals surface area contributed by atoms with Crippen molar-refractivity contribution in [2.45, 2.75) is 27.7 Å². The third-order valence-corrected chi connectivity index (χ3v) is 4.74. The lowest BCUT2D eigenvalue weighted by molar-refractivity contribution is 0.0951. The molecule has 0 radical (unpaired) electrons. The third kappa shape index (κ3) is 3.92. The Morgan fingerprint density at radius 2 is 1.78 bits per heavy atom. The molecular weight excluding hydrogens is 338 g/mol. The van der Waals surface area contributed by atoms with Crippen LogP contribution in [0.2, 0.25) is 0 Å². The molecule has 1 heterocycles. The van der Waals surface area contributed by atoms with Crippen LogP contribution in [-0.4, -0.2) is 22.2 Å². The van der Waals surface area contributed by atoms with E-state index in [1.54, 1.807) is 6.21 Å². The molecule has 0 atom stereocenters. The van der Waals surface area contributed by atoms with Crippen LogP contribution in [0.3, 0.4) is 0 Å². The first-order valence-electron chi connectivity index (χ1n) is 8.75. The molecule has 0 fully saturated rings. The number of aromatic nitrogens is 1. The molecule has 3 N–H and O–H groups in total. The standard InChI is InChI=1S/C22H23N3O2/c1-13-6-5-7-19(16(13)4)18-10-20(23-12-18)22(27)25-24-11-17-8-14(2)21(26)15(3)9-17/h5-12,23,26H,1-4H3,(H,25,27). The number of carbonyl (C=O) groups is 1. The van der Waals surface area contributed by atoms with Crippen molar-refractivity contribution < 1.29 is 9.90 Å². The molecule has 0 unspecified atom stereocenters. The number of hydrazone groups is 1. The molecule has 2 aromatic carbocycles. The van der Waals surface area contributed by atoms with E-state index < -0.39 is 0 Å². The van der Waals surface area contributed by atoms with Gasteiger partial charge < -0.3 is 10.1 Å². The van der Waals surface area contributed by atoms with E-state index in [1.807, 2.05) is 50.4 Å². The van der Waals surface area contributed by atoms with E-state index in [0.29, 0.717) is 5.69 Å². The number of aryl methyl sites for hydroxylation is 3. The Balaban J connectivity index is 1.72. The highest BCUT2D eigenvalue weighted by Crippen LogP contribution is 2.26. The van der Waals surface area contributed by atoms with E-state index in [9.17, 15) is 9.90 Å². The predicted octanol–water partition coefficient (Wildman–Crippen LogP) is 4.38. The number of aromatic amines is 1. The Kier molecular flexibility index (Phi) is 5.12. The van der Waals surface area contributed by atoms with E-state index in [-0.39, 0.29) is 11.7 Å². The first kappa shape index (κ1) is 18.5. The minimum Gasteiger partial charge on any atom is -0.507 e. The van der Waals surface area contributed by atoms with Crippen LogP contribution < -0.4 is 5.43 Å². The van der Waals surface area contributed by atoms with E-state index in [4.69, 9.17) is 0 Å². The normalized spacial score (nSPS) is 11.1. The molecule has 0 saturated heterocycles. The summed E-state index contributed by atoms with van der Waals surface area (Å²) >= 11 is 0. The molecule has 5 nitrogen and oxygen atoms in total. The zero-order valence-electron chi connectivity index (χ0n) is 15.9. The van der Waals surface area contributed by atoms with Crippen molar-refractivity contribution in [2.24, 2.45) is 5.10 Å². The average Bonchev–Trinajstić information content (AvgIpc) is 3.12. The Morgan fingerprint density at radius 1 is 1.07 bits per heavy atom. The van der Waals surface area contributed by atoms with Gasteiger partial charge in [0.05, 0.1) is 6.21 Å². The molecule has 0 aliphatic heterocycles. The number of phenols is 1. The van der Waals surface area contributed by atoms with Crippen LogP contribution in [-0.2, 0) is 0 Å². The van der Waals surface area contributed by atoms with Gasteiger partial charge in [-0.3, -0.25) is 4.79 Å². The lowest BCUT2D eigenvalue weighted by Crippen LogP contribution is -2.17. The highest BCUT2D eigenvalue weighted by Gasteiger charge is 2.11. The lowest BCUT2D eigenvalue weighted by atomic mass is 9.99. The smallest absolute Gasteiger partial charge is 0.287 e. The van der Waals surface area contributed by atoms with Crippen molar-refractivity contribution >= 4 is 12.1 Å². The second-order valence-corrected chi connectivity index (χ2v) is 6.75. The minimum atomic E-state index is -0.310. The molecule has 3 aromatic rings. The maximum absolute atomic E-state index is 12.3. The SMILES string of the molecule is Cc1cccc(-c2c[nH]c(C(=O)NN=Cc3cc(C)c(O)c(C)c3)c2)c1C. The van der Waals surface area contributed by atoms with Crippen molar-refractivity contribution in [3.05, 3.63) is 76.1 Å². The highest BCUT2D eigenvalue weighted by molar-refractivity contribution is 5.94. The number of nitrogens with zero attached hydrogens (tertiary/aromatic N) is 1. The van der Waals surface area contributed by atoms with Crippen LogP contribution in [0.1, 0.15) is 38.3 Å². The summed E-state index contributed by atoms with van der Waals surface area (Å²) in [5, 5.41) is 13.8. The summed E-state index contributed by atoms with van der Waals surface area (Å²) < 4.78 is 0. The molecule has 0 bridgehead atoms. The second kappa shape index (κ2) is 7.50. The maximum atomic E-state index is 12.3. The summed E-state index contributed by atoms with van der Waals surface area (Å²) in [5.74, 6) is -0.0310. The molecule has 0 aliphatic rings. The van der Waals surface area contributed by atoms with Crippen LogP contribution in [0.5, 0.6) is 5.75 Å². The van der Waals surface area contributed by atoms with Gasteiger partial charge >= 0.3 is 0 Å². The molecule has 0 saturated carbocycles. The monoisotopic (exact) mass is 361 g/mol. The molecule has 5 heteroatoms. The Bertz CT molecular complexity index is 1010. The fourth-order valence-electron chi connectivity index (χ4n) is 3.03. The van der Waals surface area contributed by atoms with E-state index in [2.05, 4.69) is 35.4 Å². The van der Waals surface area contributed by atoms with E-state index >= 15 is 0 Å². The zero-order valence-corrected chi connectivity index (χ0v) is 15.9. The van der Waals surface area contributed by atoms with E-state index in [0.717, 1.165) is 27.8 Å². The summed E-state index contributed by atoms with van der Waals surface area (Å²) in [4.78, 5) is 15.3. The average molecular weight is 361 g/mol. The molecule has 1 amide bonds. The number of nitrogens with one attached hydrogen (secondary N) is 2. The Morgan fingerprint density at radius 3 is 2.48 bits per heavy atom. The molecule has 0 spiro atoms. The molecule has 27 heavy (non-hydrogen) atoms. The van der Waals surface area contributed by atoms with E-state index in [1.165, 1.54) is 11.1 Å². The largest absolute Gasteiger partial charge is 0.507 e. The lowest BCUT2D eigenvalue weighted by Gasteiger charge is -2.06. The number of aromatic hydroxyl groups is 1. The van der Waals surface area contributed by atoms with Crippen LogP contribution in [0.25, 0.3) is 11.1 Å². The van der Waals surface area contributed by atoms with Crippen molar-refractivity contribution in [1.29, 1.82) is 0 Å². The maximum Gasteiger partial charge on any atom is 0.287 e. The van der Waals surface area contributed by atoms with Gasteiger partial charge in [0.25, 0.3) is 5.91 Å². The first-order chi connectivity index (χ1) is 12.9. The summed E-state index contributed by atoms with van der Waals surface area (Å²) in [6, 6.07) is 11.6. The summed E-state index contributed by atoms with van der Waals surface area (Å²) in [6.07, 6.45) is 3.39. The summed E-state index contributed by atoms with van der Waals surface area (Å²) in [6.45, 7) is 7.79. The van der Waals surface area contributed by atoms with Gasteiger partial charge in [0.2, 0.25) is 0 Å². The van der Waals surface area contributed by atoms with Gasteiger partial charge in [-0.05, 0) is 79.3 Å². The van der Waals surface area contributed by atoms with Crippen molar-refractivity contribution in [1.82, 2.24) is 10.4 Å². The number of H-pyrrole nitrogens is 1. The van der Waals surface area contributed by atoms with Gasteiger partial charge in [0.15, 0.2) is 0 Å². The van der Waals surface area contributed by atoms with Gasteiger partial charge in [-0.2, -0.15) is 5.10 Å². The summed E-state index contributed by atoms with van der Waals surface area (Å²) in [5.41, 5.74) is 9.80. The van der Waals surface area contributed by atoms with Crippen molar-refractivity contribution in [3.63, 3.8) is 0 Å². The molecule has 0 aliphatic carbocycles. The van der Waals surface area contributed by atoms with Crippen LogP contribution in [0, 0.1) is 27.7 Å². The molecule has 138 valence electrons. The Labute approximate surface area is 158 Å². The van der Waals surface area contributed by atoms with Gasteiger partial charge in [-0.15, -0.1) is 0 Å². The number of carbonyl (C=O) groups excluding carboxylic acids is 1. The topological polar surface area (TPSA) is 77.5 Å². The van der Waals surface area contributed by atoms with Gasteiger partial charge in [-0.25, -0.2) is 5.43 Å². The number of hydrogen-bond acceptors (Lipinski definition) is 3. The second-order valence-electron chi connectivity index (χ2n) is 6.75. The van der Waals surface area contributed by atoms with Gasteiger partial charge in [0, 0.05) is 11.8 Å². The zero-order chi connectivity index (χ0) is 19.6. The fraction of sp³-hybridized carbons (Fsp3) is 0.182. The highest BCUT2D eigenvalue weighted by atomic mass is 16.3. The third-order valence-electron chi connectivity index (χ3n) is 4.74. The van der Waals surface area contributed by atoms with Gasteiger partial charge in [0.1, 0.15) is 11.4 Å². The first-order valence-corrected chi connectivity index (χ1v) is 8.75. The molecule has 3 rings (SSSR count). The minimum absolute atomic E-state index is 0.279. The van der Waals surface area contributed by atoms with Crippen LogP contribution >= 0.6 is 0 Å². The van der Waals surface area contributed by atoms with Crippen molar-refractivity contribution in [2.75, 3.05) is 0 Å². The Hall–Kier alpha value is -3.34. The number of amides is 1. The van der Waals surface area contributed by atoms with Gasteiger partial charge in [-0.1, -0.05) is 18.2 Å². The quantitative estimate of drug-likeness (QED) is 0.476. The molecular formula is C22H23N3O2.